The molecule has 2 rings (SSSR count). The molecular formula is C12H25N3. The highest BCUT2D eigenvalue weighted by Crippen LogP contribution is 2.50. The first-order valence-electron chi connectivity index (χ1n) is 6.26. The molecule has 0 aromatic rings. The summed E-state index contributed by atoms with van der Waals surface area (Å²) in [6, 6.07) is 0. The van der Waals surface area contributed by atoms with Crippen LogP contribution in [-0.4, -0.2) is 44.2 Å². The van der Waals surface area contributed by atoms with Gasteiger partial charge in [0.2, 0.25) is 0 Å². The summed E-state index contributed by atoms with van der Waals surface area (Å²) in [7, 11) is 4.25. The summed E-state index contributed by atoms with van der Waals surface area (Å²) in [6.45, 7) is 3.01. The van der Waals surface area contributed by atoms with Crippen LogP contribution in [-0.2, 0) is 0 Å². The molecule has 0 spiro atoms. The first-order chi connectivity index (χ1) is 7.16. The van der Waals surface area contributed by atoms with Crippen LogP contribution in [0.5, 0.6) is 0 Å². The molecule has 0 heterocycles. The van der Waals surface area contributed by atoms with Crippen molar-refractivity contribution in [1.82, 2.24) is 10.2 Å². The maximum absolute atomic E-state index is 6.00. The number of nitrogens with zero attached hydrogens (tertiary/aromatic N) is 1. The summed E-state index contributed by atoms with van der Waals surface area (Å²) in [6.07, 6.45) is 5.59. The molecule has 0 aromatic carbocycles. The Labute approximate surface area is 93.4 Å². The Morgan fingerprint density at radius 2 is 2.20 bits per heavy atom. The van der Waals surface area contributed by atoms with Gasteiger partial charge in [-0.25, -0.2) is 0 Å². The largest absolute Gasteiger partial charge is 0.329 e. The number of hydrogen-bond acceptors (Lipinski definition) is 3. The van der Waals surface area contributed by atoms with Gasteiger partial charge in [0.05, 0.1) is 0 Å². The molecule has 2 aliphatic rings. The standard InChI is InChI=1S/C12H25N3/c1-15(2)6-5-14-12(9-13)8-10-3-4-11(12)7-10/h10-11,14H,3-9,13H2,1-2H3. The van der Waals surface area contributed by atoms with Gasteiger partial charge in [0, 0.05) is 25.2 Å². The van der Waals surface area contributed by atoms with Crippen LogP contribution in [0.15, 0.2) is 0 Å². The molecule has 2 fully saturated rings. The summed E-state index contributed by atoms with van der Waals surface area (Å²) in [5, 5.41) is 3.74. The maximum Gasteiger partial charge on any atom is 0.0335 e. The average Bonchev–Trinajstić information content (AvgIpc) is 2.77. The van der Waals surface area contributed by atoms with Gasteiger partial charge in [0.25, 0.3) is 0 Å². The van der Waals surface area contributed by atoms with E-state index in [9.17, 15) is 0 Å². The first-order valence-corrected chi connectivity index (χ1v) is 6.26. The highest BCUT2D eigenvalue weighted by Gasteiger charge is 2.49. The van der Waals surface area contributed by atoms with Gasteiger partial charge in [-0.15, -0.1) is 0 Å². The fourth-order valence-corrected chi connectivity index (χ4v) is 3.51. The van der Waals surface area contributed by atoms with Gasteiger partial charge in [0.1, 0.15) is 0 Å². The lowest BCUT2D eigenvalue weighted by Gasteiger charge is -2.38. The smallest absolute Gasteiger partial charge is 0.0335 e. The molecule has 0 aromatic heterocycles. The van der Waals surface area contributed by atoms with Crippen LogP contribution in [0, 0.1) is 11.8 Å². The molecular weight excluding hydrogens is 186 g/mol. The van der Waals surface area contributed by atoms with Crippen molar-refractivity contribution in [2.24, 2.45) is 17.6 Å². The number of fused-ring (bicyclic) bond motifs is 2. The molecule has 15 heavy (non-hydrogen) atoms. The van der Waals surface area contributed by atoms with E-state index in [0.29, 0.717) is 5.54 Å². The van der Waals surface area contributed by atoms with Crippen LogP contribution >= 0.6 is 0 Å². The maximum atomic E-state index is 6.00. The van der Waals surface area contributed by atoms with Crippen molar-refractivity contribution >= 4 is 0 Å². The van der Waals surface area contributed by atoms with E-state index in [-0.39, 0.29) is 0 Å². The molecule has 0 amide bonds. The Bertz CT molecular complexity index is 217. The molecule has 3 atom stereocenters. The van der Waals surface area contributed by atoms with Crippen molar-refractivity contribution in [2.45, 2.75) is 31.2 Å². The minimum Gasteiger partial charge on any atom is -0.329 e. The van der Waals surface area contributed by atoms with Gasteiger partial charge in [-0.05, 0) is 45.2 Å². The van der Waals surface area contributed by atoms with Crippen molar-refractivity contribution in [3.63, 3.8) is 0 Å². The Kier molecular flexibility index (Phi) is 3.33. The van der Waals surface area contributed by atoms with Gasteiger partial charge in [-0.3, -0.25) is 0 Å². The minimum absolute atomic E-state index is 0.291. The van der Waals surface area contributed by atoms with Gasteiger partial charge in [-0.1, -0.05) is 6.42 Å². The molecule has 3 nitrogen and oxygen atoms in total. The van der Waals surface area contributed by atoms with Gasteiger partial charge >= 0.3 is 0 Å². The second-order valence-corrected chi connectivity index (χ2v) is 5.67. The third-order valence-electron chi connectivity index (χ3n) is 4.38. The van der Waals surface area contributed by atoms with E-state index in [4.69, 9.17) is 5.73 Å². The van der Waals surface area contributed by atoms with Crippen LogP contribution in [0.3, 0.4) is 0 Å². The summed E-state index contributed by atoms with van der Waals surface area (Å²) >= 11 is 0. The predicted octanol–water partition coefficient (Wildman–Crippen LogP) is 0.655. The van der Waals surface area contributed by atoms with Crippen molar-refractivity contribution in [3.8, 4) is 0 Å². The quantitative estimate of drug-likeness (QED) is 0.702. The third kappa shape index (κ3) is 2.19. The van der Waals surface area contributed by atoms with Crippen molar-refractivity contribution in [3.05, 3.63) is 0 Å². The van der Waals surface area contributed by atoms with Gasteiger partial charge in [0.15, 0.2) is 0 Å². The van der Waals surface area contributed by atoms with E-state index in [1.165, 1.54) is 25.7 Å². The molecule has 3 N–H and O–H groups in total. The summed E-state index contributed by atoms with van der Waals surface area (Å²) in [5.41, 5.74) is 6.29. The third-order valence-corrected chi connectivity index (χ3v) is 4.38. The van der Waals surface area contributed by atoms with Crippen LogP contribution in [0.2, 0.25) is 0 Å². The molecule has 2 bridgehead atoms. The van der Waals surface area contributed by atoms with Crippen molar-refractivity contribution in [1.29, 1.82) is 0 Å². The Balaban J connectivity index is 1.86. The van der Waals surface area contributed by atoms with Crippen LogP contribution < -0.4 is 11.1 Å². The monoisotopic (exact) mass is 211 g/mol. The lowest BCUT2D eigenvalue weighted by molar-refractivity contribution is 0.209. The highest BCUT2D eigenvalue weighted by molar-refractivity contribution is 5.06. The second-order valence-electron chi connectivity index (χ2n) is 5.67. The zero-order valence-electron chi connectivity index (χ0n) is 10.1. The number of nitrogens with two attached hydrogens (primary N) is 1. The van der Waals surface area contributed by atoms with Gasteiger partial charge < -0.3 is 16.0 Å². The molecule has 0 saturated heterocycles. The lowest BCUT2D eigenvalue weighted by Crippen LogP contribution is -2.56. The van der Waals surface area contributed by atoms with E-state index in [2.05, 4.69) is 24.3 Å². The van der Waals surface area contributed by atoms with Crippen LogP contribution in [0.1, 0.15) is 25.7 Å². The van der Waals surface area contributed by atoms with E-state index >= 15 is 0 Å². The molecule has 2 aliphatic carbocycles. The molecule has 3 unspecified atom stereocenters. The van der Waals surface area contributed by atoms with Crippen LogP contribution in [0.25, 0.3) is 0 Å². The molecule has 0 aliphatic heterocycles. The second kappa shape index (κ2) is 4.40. The van der Waals surface area contributed by atoms with E-state index in [0.717, 1.165) is 31.5 Å². The molecule has 0 radical (unpaired) electrons. The topological polar surface area (TPSA) is 41.3 Å². The summed E-state index contributed by atoms with van der Waals surface area (Å²) in [5.74, 6) is 1.82. The molecule has 3 heteroatoms. The summed E-state index contributed by atoms with van der Waals surface area (Å²) < 4.78 is 0. The number of likely N-dealkylation sites (N-methyl/N-ethyl adjacent to an activating group) is 1. The number of hydrogen-bond donors (Lipinski definition) is 2. The summed E-state index contributed by atoms with van der Waals surface area (Å²) in [4.78, 5) is 2.23. The highest BCUT2D eigenvalue weighted by atomic mass is 15.1. The fourth-order valence-electron chi connectivity index (χ4n) is 3.51. The van der Waals surface area contributed by atoms with Gasteiger partial charge in [-0.2, -0.15) is 0 Å². The van der Waals surface area contributed by atoms with E-state index in [1.54, 1.807) is 0 Å². The molecule has 2 saturated carbocycles. The Morgan fingerprint density at radius 3 is 2.67 bits per heavy atom. The number of nitrogens with one attached hydrogen (secondary N) is 1. The SMILES string of the molecule is CN(C)CCNC1(CN)CC2CCC1C2. The lowest BCUT2D eigenvalue weighted by atomic mass is 9.81. The Morgan fingerprint density at radius 1 is 1.40 bits per heavy atom. The zero-order valence-corrected chi connectivity index (χ0v) is 10.1. The average molecular weight is 211 g/mol. The van der Waals surface area contributed by atoms with E-state index < -0.39 is 0 Å². The molecule has 88 valence electrons. The minimum atomic E-state index is 0.291. The predicted molar refractivity (Wildman–Crippen MR) is 63.8 cm³/mol. The fraction of sp³-hybridized carbons (Fsp3) is 1.00. The Hall–Kier alpha value is -0.120. The van der Waals surface area contributed by atoms with Crippen molar-refractivity contribution < 1.29 is 0 Å². The van der Waals surface area contributed by atoms with E-state index in [1.807, 2.05) is 0 Å². The zero-order chi connectivity index (χ0) is 10.9. The first kappa shape index (κ1) is 11.4. The number of rotatable bonds is 5. The van der Waals surface area contributed by atoms with Crippen LogP contribution in [0.4, 0.5) is 0 Å². The van der Waals surface area contributed by atoms with Crippen molar-refractivity contribution in [2.75, 3.05) is 33.7 Å². The normalized spacial score (nSPS) is 39.2.